The van der Waals surface area contributed by atoms with Crippen molar-refractivity contribution < 1.29 is 15.0 Å². The number of carboxylic acid groups (broad SMARTS) is 1. The van der Waals surface area contributed by atoms with Gasteiger partial charge in [0, 0.05) is 13.1 Å². The van der Waals surface area contributed by atoms with Crippen LogP contribution in [0.25, 0.3) is 0 Å². The van der Waals surface area contributed by atoms with Crippen molar-refractivity contribution in [2.75, 3.05) is 0 Å². The summed E-state index contributed by atoms with van der Waals surface area (Å²) >= 11 is 0. The Bertz CT molecular complexity index is 626. The lowest BCUT2D eigenvalue weighted by molar-refractivity contribution is -0.143. The lowest BCUT2D eigenvalue weighted by Crippen LogP contribution is -2.39. The molecule has 2 aromatic rings. The number of carbonyl (C=O) groups is 1. The highest BCUT2D eigenvalue weighted by Gasteiger charge is 2.30. The van der Waals surface area contributed by atoms with Gasteiger partial charge in [0.15, 0.2) is 0 Å². The highest BCUT2D eigenvalue weighted by atomic mass is 16.4. The number of aromatic hydroxyl groups is 1. The first kappa shape index (κ1) is 13.6. The van der Waals surface area contributed by atoms with Crippen molar-refractivity contribution in [3.05, 3.63) is 65.2 Å². The van der Waals surface area contributed by atoms with Crippen LogP contribution in [0.15, 0.2) is 48.5 Å². The lowest BCUT2D eigenvalue weighted by atomic mass is 10.0. The van der Waals surface area contributed by atoms with Gasteiger partial charge in [-0.1, -0.05) is 36.4 Å². The molecule has 1 atom stereocenters. The van der Waals surface area contributed by atoms with Crippen molar-refractivity contribution in [1.29, 1.82) is 0 Å². The molecule has 0 saturated heterocycles. The topological polar surface area (TPSA) is 60.8 Å². The lowest BCUT2D eigenvalue weighted by Gasteiger charge is -2.23. The molecule has 0 aliphatic carbocycles. The van der Waals surface area contributed by atoms with Crippen molar-refractivity contribution in [3.8, 4) is 5.75 Å². The Morgan fingerprint density at radius 3 is 2.14 bits per heavy atom. The van der Waals surface area contributed by atoms with Crippen LogP contribution in [0, 0.1) is 0 Å². The highest BCUT2D eigenvalue weighted by molar-refractivity contribution is 5.74. The molecule has 2 aromatic carbocycles. The molecule has 2 N–H and O–H groups in total. The van der Waals surface area contributed by atoms with Crippen LogP contribution in [0.1, 0.15) is 16.7 Å². The van der Waals surface area contributed by atoms with E-state index in [4.69, 9.17) is 0 Å². The minimum Gasteiger partial charge on any atom is -0.508 e. The number of hydrogen-bond acceptors (Lipinski definition) is 3. The molecule has 0 amide bonds. The second kappa shape index (κ2) is 5.58. The zero-order valence-corrected chi connectivity index (χ0v) is 11.6. The Balaban J connectivity index is 1.77. The SMILES string of the molecule is O=C(O)[C@H](Cc1ccc(O)cc1)N1Cc2ccccc2C1. The summed E-state index contributed by atoms with van der Waals surface area (Å²) in [6.45, 7) is 1.34. The molecular weight excluding hydrogens is 266 g/mol. The molecule has 108 valence electrons. The second-order valence-corrected chi connectivity index (χ2v) is 5.40. The number of rotatable bonds is 4. The minimum absolute atomic E-state index is 0.194. The fraction of sp³-hybridized carbons (Fsp3) is 0.235. The first-order chi connectivity index (χ1) is 10.1. The highest BCUT2D eigenvalue weighted by Crippen LogP contribution is 2.26. The molecule has 0 saturated carbocycles. The standard InChI is InChI=1S/C17H17NO3/c19-15-7-5-12(6-8-15)9-16(17(20)21)18-10-13-3-1-2-4-14(13)11-18/h1-8,16,19H,9-11H2,(H,20,21)/t16-/m0/s1. The predicted molar refractivity (Wildman–Crippen MR) is 78.9 cm³/mol. The normalized spacial score (nSPS) is 15.6. The van der Waals surface area contributed by atoms with Gasteiger partial charge >= 0.3 is 5.97 Å². The number of nitrogens with zero attached hydrogens (tertiary/aromatic N) is 1. The first-order valence-electron chi connectivity index (χ1n) is 6.95. The average Bonchev–Trinajstić information content (AvgIpc) is 2.89. The van der Waals surface area contributed by atoms with E-state index >= 15 is 0 Å². The maximum Gasteiger partial charge on any atom is 0.321 e. The van der Waals surface area contributed by atoms with Gasteiger partial charge in [-0.05, 0) is 35.2 Å². The van der Waals surface area contributed by atoms with Crippen LogP contribution < -0.4 is 0 Å². The van der Waals surface area contributed by atoms with Crippen molar-refractivity contribution in [1.82, 2.24) is 4.90 Å². The molecule has 0 bridgehead atoms. The van der Waals surface area contributed by atoms with Crippen LogP contribution in [0.5, 0.6) is 5.75 Å². The molecule has 21 heavy (non-hydrogen) atoms. The number of benzene rings is 2. The Morgan fingerprint density at radius 2 is 1.62 bits per heavy atom. The molecular formula is C17H17NO3. The third kappa shape index (κ3) is 2.90. The van der Waals surface area contributed by atoms with Gasteiger partial charge in [-0.15, -0.1) is 0 Å². The Labute approximate surface area is 123 Å². The third-order valence-electron chi connectivity index (χ3n) is 3.96. The maximum atomic E-state index is 11.6. The number of hydrogen-bond donors (Lipinski definition) is 2. The molecule has 4 nitrogen and oxygen atoms in total. The summed E-state index contributed by atoms with van der Waals surface area (Å²) in [6.07, 6.45) is 0.434. The van der Waals surface area contributed by atoms with Crippen molar-refractivity contribution in [2.24, 2.45) is 0 Å². The summed E-state index contributed by atoms with van der Waals surface area (Å²) in [5, 5.41) is 18.8. The Hall–Kier alpha value is -2.33. The van der Waals surface area contributed by atoms with Gasteiger partial charge in [-0.3, -0.25) is 9.69 Å². The molecule has 1 aliphatic heterocycles. The summed E-state index contributed by atoms with van der Waals surface area (Å²) < 4.78 is 0. The van der Waals surface area contributed by atoms with E-state index in [2.05, 4.69) is 12.1 Å². The molecule has 0 unspecified atom stereocenters. The second-order valence-electron chi connectivity index (χ2n) is 5.40. The number of phenols is 1. The number of phenolic OH excluding ortho intramolecular Hbond substituents is 1. The molecule has 4 heteroatoms. The summed E-state index contributed by atoms with van der Waals surface area (Å²) in [5.41, 5.74) is 3.32. The van der Waals surface area contributed by atoms with Crippen LogP contribution in [-0.4, -0.2) is 27.1 Å². The molecule has 1 aliphatic rings. The zero-order chi connectivity index (χ0) is 14.8. The largest absolute Gasteiger partial charge is 0.508 e. The van der Waals surface area contributed by atoms with Crippen molar-refractivity contribution in [3.63, 3.8) is 0 Å². The molecule has 0 aromatic heterocycles. The van der Waals surface area contributed by atoms with Crippen LogP contribution in [0.2, 0.25) is 0 Å². The van der Waals surface area contributed by atoms with Gasteiger partial charge < -0.3 is 10.2 Å². The van der Waals surface area contributed by atoms with Crippen LogP contribution in [0.4, 0.5) is 0 Å². The van der Waals surface area contributed by atoms with Gasteiger partial charge in [-0.2, -0.15) is 0 Å². The van der Waals surface area contributed by atoms with Crippen molar-refractivity contribution >= 4 is 5.97 Å². The fourth-order valence-electron chi connectivity index (χ4n) is 2.81. The van der Waals surface area contributed by atoms with Gasteiger partial charge in [0.1, 0.15) is 11.8 Å². The predicted octanol–water partition coefficient (Wildman–Crippen LogP) is 2.40. The van der Waals surface area contributed by atoms with Crippen LogP contribution in [0.3, 0.4) is 0 Å². The van der Waals surface area contributed by atoms with E-state index in [-0.39, 0.29) is 5.75 Å². The summed E-state index contributed by atoms with van der Waals surface area (Å²) in [5.74, 6) is -0.616. The van der Waals surface area contributed by atoms with Gasteiger partial charge in [0.2, 0.25) is 0 Å². The van der Waals surface area contributed by atoms with Crippen LogP contribution >= 0.6 is 0 Å². The van der Waals surface area contributed by atoms with Gasteiger partial charge in [0.05, 0.1) is 0 Å². The molecule has 0 radical (unpaired) electrons. The maximum absolute atomic E-state index is 11.6. The van der Waals surface area contributed by atoms with Gasteiger partial charge in [0.25, 0.3) is 0 Å². The van der Waals surface area contributed by atoms with E-state index in [1.165, 1.54) is 11.1 Å². The molecule has 3 rings (SSSR count). The Morgan fingerprint density at radius 1 is 1.05 bits per heavy atom. The average molecular weight is 283 g/mol. The number of aliphatic carboxylic acids is 1. The Kier molecular flexibility index (Phi) is 3.62. The van der Waals surface area contributed by atoms with Crippen molar-refractivity contribution in [2.45, 2.75) is 25.6 Å². The monoisotopic (exact) mass is 283 g/mol. The molecule has 0 spiro atoms. The summed E-state index contributed by atoms with van der Waals surface area (Å²) in [4.78, 5) is 13.6. The fourth-order valence-corrected chi connectivity index (χ4v) is 2.81. The van der Waals surface area contributed by atoms with E-state index in [9.17, 15) is 15.0 Å². The third-order valence-corrected chi connectivity index (χ3v) is 3.96. The minimum atomic E-state index is -0.809. The number of fused-ring (bicyclic) bond motifs is 1. The smallest absolute Gasteiger partial charge is 0.321 e. The van der Waals surface area contributed by atoms with E-state index in [1.807, 2.05) is 17.0 Å². The zero-order valence-electron chi connectivity index (χ0n) is 11.6. The van der Waals surface area contributed by atoms with E-state index in [0.29, 0.717) is 19.5 Å². The van der Waals surface area contributed by atoms with E-state index in [1.54, 1.807) is 24.3 Å². The summed E-state index contributed by atoms with van der Waals surface area (Å²) in [6, 6.07) is 14.2. The van der Waals surface area contributed by atoms with E-state index in [0.717, 1.165) is 5.56 Å². The molecule has 0 fully saturated rings. The number of carboxylic acids is 1. The first-order valence-corrected chi connectivity index (χ1v) is 6.95. The van der Waals surface area contributed by atoms with Crippen LogP contribution in [-0.2, 0) is 24.3 Å². The van der Waals surface area contributed by atoms with E-state index < -0.39 is 12.0 Å². The van der Waals surface area contributed by atoms with Gasteiger partial charge in [-0.25, -0.2) is 0 Å². The molecule has 1 heterocycles. The summed E-state index contributed by atoms with van der Waals surface area (Å²) in [7, 11) is 0. The quantitative estimate of drug-likeness (QED) is 0.904.